The monoisotopic (exact) mass is 303 g/mol. The molecule has 0 aliphatic heterocycles. The molecule has 1 N–H and O–H groups in total. The average Bonchev–Trinajstić information content (AvgIpc) is 2.71. The first-order chi connectivity index (χ1) is 9.24. The summed E-state index contributed by atoms with van der Waals surface area (Å²) in [7, 11) is -3.14. The highest BCUT2D eigenvalue weighted by Gasteiger charge is 2.28. The highest BCUT2D eigenvalue weighted by atomic mass is 32.2. The van der Waals surface area contributed by atoms with E-state index in [2.05, 4.69) is 43.2 Å². The van der Waals surface area contributed by atoms with Gasteiger partial charge in [0, 0.05) is 12.3 Å². The summed E-state index contributed by atoms with van der Waals surface area (Å²) in [6.45, 7) is 9.31. The van der Waals surface area contributed by atoms with Crippen molar-refractivity contribution < 1.29 is 12.9 Å². The SMILES string of the molecule is CCCNC(C)C(c1nc(CS(C)(=O)=O)no1)C(C)C. The molecule has 1 aromatic rings. The van der Waals surface area contributed by atoms with Crippen molar-refractivity contribution in [2.24, 2.45) is 5.92 Å². The summed E-state index contributed by atoms with van der Waals surface area (Å²) in [4.78, 5) is 4.25. The van der Waals surface area contributed by atoms with Gasteiger partial charge in [-0.2, -0.15) is 4.98 Å². The number of hydrogen-bond donors (Lipinski definition) is 1. The van der Waals surface area contributed by atoms with Gasteiger partial charge in [0.15, 0.2) is 15.7 Å². The van der Waals surface area contributed by atoms with Crippen LogP contribution in [0, 0.1) is 5.92 Å². The molecule has 0 amide bonds. The second kappa shape index (κ2) is 7.17. The molecule has 6 nitrogen and oxygen atoms in total. The van der Waals surface area contributed by atoms with Crippen molar-refractivity contribution >= 4 is 9.84 Å². The van der Waals surface area contributed by atoms with Crippen LogP contribution < -0.4 is 5.32 Å². The summed E-state index contributed by atoms with van der Waals surface area (Å²) in [6, 6.07) is 0.196. The molecule has 116 valence electrons. The Hall–Kier alpha value is -0.950. The molecule has 0 aliphatic carbocycles. The number of hydrogen-bond acceptors (Lipinski definition) is 6. The topological polar surface area (TPSA) is 85.1 Å². The fourth-order valence-corrected chi connectivity index (χ4v) is 2.86. The minimum Gasteiger partial charge on any atom is -0.339 e. The van der Waals surface area contributed by atoms with E-state index < -0.39 is 9.84 Å². The first-order valence-electron chi connectivity index (χ1n) is 6.98. The molecular formula is C13H25N3O3S. The van der Waals surface area contributed by atoms with Gasteiger partial charge < -0.3 is 9.84 Å². The summed E-state index contributed by atoms with van der Waals surface area (Å²) >= 11 is 0. The maximum absolute atomic E-state index is 11.3. The van der Waals surface area contributed by atoms with Crippen LogP contribution in [-0.2, 0) is 15.6 Å². The summed E-state index contributed by atoms with van der Waals surface area (Å²) in [5.41, 5.74) is 0. The molecule has 0 spiro atoms. The Morgan fingerprint density at radius 2 is 1.95 bits per heavy atom. The van der Waals surface area contributed by atoms with Crippen LogP contribution in [0.2, 0.25) is 0 Å². The van der Waals surface area contributed by atoms with Crippen LogP contribution in [0.5, 0.6) is 0 Å². The van der Waals surface area contributed by atoms with Crippen molar-refractivity contribution in [1.29, 1.82) is 0 Å². The summed E-state index contributed by atoms with van der Waals surface area (Å²) in [6.07, 6.45) is 2.21. The van der Waals surface area contributed by atoms with Gasteiger partial charge in [0.25, 0.3) is 0 Å². The van der Waals surface area contributed by atoms with Crippen molar-refractivity contribution in [3.8, 4) is 0 Å². The van der Waals surface area contributed by atoms with Crippen molar-refractivity contribution in [1.82, 2.24) is 15.5 Å². The van der Waals surface area contributed by atoms with Gasteiger partial charge >= 0.3 is 0 Å². The molecule has 0 aliphatic rings. The third-order valence-electron chi connectivity index (χ3n) is 3.13. The zero-order valence-corrected chi connectivity index (χ0v) is 13.7. The van der Waals surface area contributed by atoms with Gasteiger partial charge in [0.05, 0.1) is 5.92 Å². The Kier molecular flexibility index (Phi) is 6.13. The van der Waals surface area contributed by atoms with Gasteiger partial charge in [-0.05, 0) is 25.8 Å². The minimum absolute atomic E-state index is 0.0716. The van der Waals surface area contributed by atoms with E-state index in [1.165, 1.54) is 0 Å². The molecule has 0 aromatic carbocycles. The van der Waals surface area contributed by atoms with E-state index >= 15 is 0 Å². The lowest BCUT2D eigenvalue weighted by Gasteiger charge is -2.24. The third kappa shape index (κ3) is 5.20. The van der Waals surface area contributed by atoms with Gasteiger partial charge in [-0.15, -0.1) is 0 Å². The molecule has 7 heteroatoms. The molecule has 1 heterocycles. The van der Waals surface area contributed by atoms with Crippen LogP contribution >= 0.6 is 0 Å². The summed E-state index contributed by atoms with van der Waals surface area (Å²) < 4.78 is 27.8. The molecule has 0 saturated heterocycles. The van der Waals surface area contributed by atoms with Crippen LogP contribution in [0.4, 0.5) is 0 Å². The largest absolute Gasteiger partial charge is 0.339 e. The first-order valence-corrected chi connectivity index (χ1v) is 9.04. The predicted octanol–water partition coefficient (Wildman–Crippen LogP) is 1.74. The van der Waals surface area contributed by atoms with Crippen LogP contribution in [-0.4, -0.2) is 37.4 Å². The number of sulfone groups is 1. The van der Waals surface area contributed by atoms with Crippen LogP contribution in [0.15, 0.2) is 4.52 Å². The number of aromatic nitrogens is 2. The van der Waals surface area contributed by atoms with E-state index in [4.69, 9.17) is 4.52 Å². The number of nitrogens with zero attached hydrogens (tertiary/aromatic N) is 2. The third-order valence-corrected chi connectivity index (χ3v) is 3.92. The second-order valence-electron chi connectivity index (χ2n) is 5.63. The molecule has 0 bridgehead atoms. The zero-order chi connectivity index (χ0) is 15.3. The smallest absolute Gasteiger partial charge is 0.231 e. The van der Waals surface area contributed by atoms with E-state index in [-0.39, 0.29) is 23.5 Å². The van der Waals surface area contributed by atoms with E-state index in [0.717, 1.165) is 19.2 Å². The highest BCUT2D eigenvalue weighted by molar-refractivity contribution is 7.89. The Balaban J connectivity index is 2.87. The fraction of sp³-hybridized carbons (Fsp3) is 0.846. The van der Waals surface area contributed by atoms with Crippen LogP contribution in [0.3, 0.4) is 0 Å². The zero-order valence-electron chi connectivity index (χ0n) is 12.9. The molecule has 0 fully saturated rings. The van der Waals surface area contributed by atoms with E-state index in [0.29, 0.717) is 11.8 Å². The lowest BCUT2D eigenvalue weighted by atomic mass is 9.89. The van der Waals surface area contributed by atoms with Gasteiger partial charge in [-0.3, -0.25) is 0 Å². The molecule has 0 saturated carbocycles. The lowest BCUT2D eigenvalue weighted by Crippen LogP contribution is -2.35. The molecule has 20 heavy (non-hydrogen) atoms. The standard InChI is InChI=1S/C13H25N3O3S/c1-6-7-14-10(4)12(9(2)3)13-15-11(16-19-13)8-20(5,17)18/h9-10,12,14H,6-8H2,1-5H3. The van der Waals surface area contributed by atoms with Gasteiger partial charge in [-0.25, -0.2) is 8.42 Å². The number of nitrogens with one attached hydrogen (secondary N) is 1. The van der Waals surface area contributed by atoms with Crippen molar-refractivity contribution in [3.05, 3.63) is 11.7 Å². The van der Waals surface area contributed by atoms with Gasteiger partial charge in [0.1, 0.15) is 5.75 Å². The van der Waals surface area contributed by atoms with Gasteiger partial charge in [-0.1, -0.05) is 25.9 Å². The fourth-order valence-electron chi connectivity index (χ4n) is 2.27. The molecule has 2 unspecified atom stereocenters. The maximum Gasteiger partial charge on any atom is 0.231 e. The lowest BCUT2D eigenvalue weighted by molar-refractivity contribution is 0.279. The molecule has 1 rings (SSSR count). The second-order valence-corrected chi connectivity index (χ2v) is 7.77. The van der Waals surface area contributed by atoms with E-state index in [1.807, 2.05) is 0 Å². The first kappa shape index (κ1) is 17.1. The molecule has 2 atom stereocenters. The minimum atomic E-state index is -3.14. The number of rotatable bonds is 8. The van der Waals surface area contributed by atoms with E-state index in [1.54, 1.807) is 0 Å². The predicted molar refractivity (Wildman–Crippen MR) is 78.2 cm³/mol. The maximum atomic E-state index is 11.3. The van der Waals surface area contributed by atoms with Crippen molar-refractivity contribution in [2.75, 3.05) is 12.8 Å². The van der Waals surface area contributed by atoms with Gasteiger partial charge in [0.2, 0.25) is 5.89 Å². The Morgan fingerprint density at radius 3 is 2.45 bits per heavy atom. The average molecular weight is 303 g/mol. The van der Waals surface area contributed by atoms with E-state index in [9.17, 15) is 8.42 Å². The summed E-state index contributed by atoms with van der Waals surface area (Å²) in [5, 5.41) is 7.20. The Labute approximate surface area is 121 Å². The quantitative estimate of drug-likeness (QED) is 0.787. The molecule has 0 radical (unpaired) electrons. The highest BCUT2D eigenvalue weighted by Crippen LogP contribution is 2.26. The molecular weight excluding hydrogens is 278 g/mol. The summed E-state index contributed by atoms with van der Waals surface area (Å²) in [5.74, 6) is 0.951. The van der Waals surface area contributed by atoms with Crippen molar-refractivity contribution in [3.63, 3.8) is 0 Å². The van der Waals surface area contributed by atoms with Crippen LogP contribution in [0.25, 0.3) is 0 Å². The van der Waals surface area contributed by atoms with Crippen LogP contribution in [0.1, 0.15) is 51.7 Å². The van der Waals surface area contributed by atoms with Crippen molar-refractivity contribution in [2.45, 2.75) is 51.8 Å². The Bertz CT molecular complexity index is 511. The normalized spacial score (nSPS) is 15.5. The Morgan fingerprint density at radius 1 is 1.30 bits per heavy atom. The molecule has 1 aromatic heterocycles.